The monoisotopic (exact) mass is 276 g/mol. The first-order valence-corrected chi connectivity index (χ1v) is 4.17. The lowest BCUT2D eigenvalue weighted by Crippen LogP contribution is -2.12. The number of hydrogen-bond acceptors (Lipinski definition) is 2. The van der Waals surface area contributed by atoms with Gasteiger partial charge in [0.2, 0.25) is 0 Å². The summed E-state index contributed by atoms with van der Waals surface area (Å²) in [6.07, 6.45) is 3.24. The van der Waals surface area contributed by atoms with Gasteiger partial charge in [0.1, 0.15) is 9.15 Å². The van der Waals surface area contributed by atoms with Gasteiger partial charge in [0, 0.05) is 0 Å². The standard InChI is InChI=1S/C7H5IN2O2/c1-12-7(11)4-2-3-5(8)6(4)10-9/h2-3H,1H3. The van der Waals surface area contributed by atoms with Gasteiger partial charge in [-0.05, 0) is 34.7 Å². The zero-order valence-corrected chi connectivity index (χ0v) is 8.40. The summed E-state index contributed by atoms with van der Waals surface area (Å²) in [5.74, 6) is -0.495. The molecule has 0 unspecified atom stereocenters. The predicted octanol–water partition coefficient (Wildman–Crippen LogP) is 1.09. The molecule has 1 aliphatic rings. The van der Waals surface area contributed by atoms with Crippen molar-refractivity contribution >= 4 is 34.3 Å². The number of hydrogen-bond donors (Lipinski definition) is 0. The van der Waals surface area contributed by atoms with Crippen LogP contribution >= 0.6 is 22.6 Å². The van der Waals surface area contributed by atoms with Crippen molar-refractivity contribution in [2.75, 3.05) is 7.11 Å². The van der Waals surface area contributed by atoms with Crippen LogP contribution in [0.4, 0.5) is 0 Å². The molecule has 1 rings (SSSR count). The molecule has 5 heteroatoms. The molecule has 0 spiro atoms. The first-order chi connectivity index (χ1) is 5.70. The molecule has 12 heavy (non-hydrogen) atoms. The van der Waals surface area contributed by atoms with E-state index in [0.29, 0.717) is 0 Å². The number of halogens is 1. The van der Waals surface area contributed by atoms with Crippen LogP contribution in [-0.2, 0) is 9.53 Å². The molecule has 0 fully saturated rings. The van der Waals surface area contributed by atoms with Crippen molar-refractivity contribution < 1.29 is 14.3 Å². The number of nitrogens with zero attached hydrogens (tertiary/aromatic N) is 2. The first-order valence-electron chi connectivity index (χ1n) is 3.09. The van der Waals surface area contributed by atoms with Gasteiger partial charge in [-0.1, -0.05) is 0 Å². The van der Waals surface area contributed by atoms with E-state index in [1.54, 1.807) is 12.2 Å². The zero-order chi connectivity index (χ0) is 9.14. The molecule has 4 nitrogen and oxygen atoms in total. The molecular weight excluding hydrogens is 271 g/mol. The Balaban J connectivity index is 3.01. The molecule has 0 bridgehead atoms. The van der Waals surface area contributed by atoms with Gasteiger partial charge in [-0.3, -0.25) is 0 Å². The van der Waals surface area contributed by atoms with Gasteiger partial charge in [-0.25, -0.2) is 4.79 Å². The Hall–Kier alpha value is -0.940. The van der Waals surface area contributed by atoms with Crippen LogP contribution in [0.1, 0.15) is 0 Å². The summed E-state index contributed by atoms with van der Waals surface area (Å²) >= 11 is 1.97. The van der Waals surface area contributed by atoms with Crippen molar-refractivity contribution in [2.24, 2.45) is 0 Å². The fraction of sp³-hybridized carbons (Fsp3) is 0.143. The van der Waals surface area contributed by atoms with Gasteiger partial charge in [0.25, 0.3) is 0 Å². The molecule has 0 radical (unpaired) electrons. The third kappa shape index (κ3) is 1.46. The van der Waals surface area contributed by atoms with Gasteiger partial charge in [0.05, 0.1) is 7.11 Å². The topological polar surface area (TPSA) is 62.7 Å². The Labute approximate surface area is 82.7 Å². The van der Waals surface area contributed by atoms with Crippen molar-refractivity contribution in [3.05, 3.63) is 26.8 Å². The molecule has 0 aromatic heterocycles. The molecular formula is C7H5IN2O2. The average Bonchev–Trinajstić information content (AvgIpc) is 2.45. The van der Waals surface area contributed by atoms with Crippen LogP contribution in [0.2, 0.25) is 0 Å². The van der Waals surface area contributed by atoms with Crippen LogP contribution in [-0.4, -0.2) is 23.6 Å². The van der Waals surface area contributed by atoms with Crippen LogP contribution in [0.25, 0.3) is 5.53 Å². The lowest BCUT2D eigenvalue weighted by Gasteiger charge is -1.94. The molecule has 0 aromatic rings. The SMILES string of the molecule is COC(=O)C1=CC=C(I)C1=[N+]=[N-]. The van der Waals surface area contributed by atoms with E-state index in [4.69, 9.17) is 5.53 Å². The summed E-state index contributed by atoms with van der Waals surface area (Å²) < 4.78 is 5.20. The van der Waals surface area contributed by atoms with E-state index >= 15 is 0 Å². The summed E-state index contributed by atoms with van der Waals surface area (Å²) in [7, 11) is 1.28. The molecule has 0 saturated heterocycles. The average molecular weight is 276 g/mol. The van der Waals surface area contributed by atoms with E-state index < -0.39 is 5.97 Å². The summed E-state index contributed by atoms with van der Waals surface area (Å²) in [5, 5.41) is 0. The summed E-state index contributed by atoms with van der Waals surface area (Å²) in [6, 6.07) is 0. The van der Waals surface area contributed by atoms with E-state index in [2.05, 4.69) is 9.53 Å². The maximum atomic E-state index is 11.0. The minimum atomic E-state index is -0.495. The lowest BCUT2D eigenvalue weighted by atomic mass is 10.2. The Bertz CT molecular complexity index is 337. The van der Waals surface area contributed by atoms with Crippen molar-refractivity contribution in [1.82, 2.24) is 0 Å². The maximum Gasteiger partial charge on any atom is 0.345 e. The fourth-order valence-electron chi connectivity index (χ4n) is 0.819. The van der Waals surface area contributed by atoms with E-state index in [1.165, 1.54) is 7.11 Å². The van der Waals surface area contributed by atoms with Gasteiger partial charge in [-0.2, -0.15) is 4.79 Å². The molecule has 0 aliphatic heterocycles. The number of carbonyl (C=O) groups excluding carboxylic acids is 1. The summed E-state index contributed by atoms with van der Waals surface area (Å²) in [6.45, 7) is 0. The highest BCUT2D eigenvalue weighted by atomic mass is 127. The van der Waals surface area contributed by atoms with E-state index in [0.717, 1.165) is 3.58 Å². The highest BCUT2D eigenvalue weighted by Crippen LogP contribution is 2.20. The molecule has 1 aliphatic carbocycles. The minimum absolute atomic E-state index is 0.266. The van der Waals surface area contributed by atoms with Crippen LogP contribution in [0.15, 0.2) is 21.3 Å². The molecule has 0 amide bonds. The van der Waals surface area contributed by atoms with Crippen LogP contribution in [0.5, 0.6) is 0 Å². The van der Waals surface area contributed by atoms with E-state index in [9.17, 15) is 4.79 Å². The van der Waals surface area contributed by atoms with E-state index in [1.807, 2.05) is 22.6 Å². The third-order valence-corrected chi connectivity index (χ3v) is 2.25. The number of carbonyl (C=O) groups is 1. The quantitative estimate of drug-likeness (QED) is 0.311. The maximum absolute atomic E-state index is 11.0. The van der Waals surface area contributed by atoms with Gasteiger partial charge < -0.3 is 10.3 Å². The summed E-state index contributed by atoms with van der Waals surface area (Å²) in [5.41, 5.74) is 9.09. The number of esters is 1. The first kappa shape index (κ1) is 9.15. The molecule has 0 aromatic carbocycles. The smallest absolute Gasteiger partial charge is 0.345 e. The Morgan fingerprint density at radius 2 is 2.33 bits per heavy atom. The van der Waals surface area contributed by atoms with E-state index in [-0.39, 0.29) is 11.3 Å². The van der Waals surface area contributed by atoms with Crippen LogP contribution in [0, 0.1) is 0 Å². The van der Waals surface area contributed by atoms with Gasteiger partial charge >= 0.3 is 11.7 Å². The molecule has 0 atom stereocenters. The third-order valence-electron chi connectivity index (χ3n) is 1.38. The van der Waals surface area contributed by atoms with Crippen LogP contribution < -0.4 is 0 Å². The lowest BCUT2D eigenvalue weighted by molar-refractivity contribution is -0.135. The number of allylic oxidation sites excluding steroid dienone is 3. The second-order valence-corrected chi connectivity index (χ2v) is 3.20. The van der Waals surface area contributed by atoms with Crippen molar-refractivity contribution in [1.29, 1.82) is 0 Å². The Morgan fingerprint density at radius 1 is 1.67 bits per heavy atom. The number of methoxy groups -OCH3 is 1. The van der Waals surface area contributed by atoms with Crippen molar-refractivity contribution in [2.45, 2.75) is 0 Å². The van der Waals surface area contributed by atoms with Gasteiger partial charge in [0.15, 0.2) is 0 Å². The molecule has 0 saturated carbocycles. The van der Waals surface area contributed by atoms with Crippen molar-refractivity contribution in [3.63, 3.8) is 0 Å². The normalized spacial score (nSPS) is 15.0. The highest BCUT2D eigenvalue weighted by Gasteiger charge is 2.29. The predicted molar refractivity (Wildman–Crippen MR) is 50.8 cm³/mol. The minimum Gasteiger partial charge on any atom is -0.465 e. The summed E-state index contributed by atoms with van der Waals surface area (Å²) in [4.78, 5) is 14.0. The van der Waals surface area contributed by atoms with Crippen molar-refractivity contribution in [3.8, 4) is 0 Å². The second-order valence-electron chi connectivity index (χ2n) is 2.04. The Morgan fingerprint density at radius 3 is 2.83 bits per heavy atom. The molecule has 0 heterocycles. The number of rotatable bonds is 1. The molecule has 0 N–H and O–H groups in total. The molecule has 62 valence electrons. The van der Waals surface area contributed by atoms with Gasteiger partial charge in [-0.15, -0.1) is 0 Å². The zero-order valence-electron chi connectivity index (χ0n) is 6.24. The Kier molecular flexibility index (Phi) is 2.78. The number of ether oxygens (including phenoxy) is 1. The highest BCUT2D eigenvalue weighted by molar-refractivity contribution is 14.1. The van der Waals surface area contributed by atoms with Crippen LogP contribution in [0.3, 0.4) is 0 Å². The fourth-order valence-corrected chi connectivity index (χ4v) is 1.40. The largest absolute Gasteiger partial charge is 0.465 e. The second kappa shape index (κ2) is 3.64.